The SMILES string of the molecule is CS[C@H]1CCCC[C@@H]1NC(=O)NCc1ccn(C(C)C)n1. The predicted octanol–water partition coefficient (Wildman–Crippen LogP) is 2.94. The number of aromatic nitrogens is 2. The van der Waals surface area contributed by atoms with Gasteiger partial charge in [0.25, 0.3) is 0 Å². The van der Waals surface area contributed by atoms with E-state index in [9.17, 15) is 4.79 Å². The summed E-state index contributed by atoms with van der Waals surface area (Å²) in [6.07, 6.45) is 8.84. The minimum Gasteiger partial charge on any atom is -0.334 e. The highest BCUT2D eigenvalue weighted by molar-refractivity contribution is 7.99. The van der Waals surface area contributed by atoms with Gasteiger partial charge >= 0.3 is 6.03 Å². The molecule has 0 saturated heterocycles. The Labute approximate surface area is 131 Å². The maximum Gasteiger partial charge on any atom is 0.315 e. The summed E-state index contributed by atoms with van der Waals surface area (Å²) in [7, 11) is 0. The summed E-state index contributed by atoms with van der Waals surface area (Å²) in [6, 6.07) is 2.50. The summed E-state index contributed by atoms with van der Waals surface area (Å²) in [5.74, 6) is 0. The molecule has 6 heteroatoms. The fourth-order valence-corrected chi connectivity index (χ4v) is 3.63. The maximum atomic E-state index is 12.0. The second-order valence-electron chi connectivity index (χ2n) is 5.87. The smallest absolute Gasteiger partial charge is 0.315 e. The number of carbonyl (C=O) groups is 1. The number of amides is 2. The molecule has 1 aliphatic carbocycles. The standard InChI is InChI=1S/C15H26N4OS/c1-11(2)19-9-8-12(18-19)10-16-15(20)17-13-6-4-5-7-14(13)21-3/h8-9,11,13-14H,4-7,10H2,1-3H3,(H2,16,17,20)/t13-,14-/m0/s1. The molecule has 1 aliphatic rings. The molecule has 2 N–H and O–H groups in total. The van der Waals surface area contributed by atoms with Crippen LogP contribution in [-0.4, -0.2) is 33.4 Å². The molecule has 2 amide bonds. The highest BCUT2D eigenvalue weighted by Crippen LogP contribution is 2.26. The van der Waals surface area contributed by atoms with Crippen molar-refractivity contribution in [3.8, 4) is 0 Å². The van der Waals surface area contributed by atoms with Crippen molar-refractivity contribution in [3.63, 3.8) is 0 Å². The Hall–Kier alpha value is -1.17. The van der Waals surface area contributed by atoms with Crippen LogP contribution in [0.3, 0.4) is 0 Å². The summed E-state index contributed by atoms with van der Waals surface area (Å²) in [6.45, 7) is 4.65. The van der Waals surface area contributed by atoms with Gasteiger partial charge in [0.1, 0.15) is 0 Å². The molecule has 0 aromatic carbocycles. The molecule has 1 saturated carbocycles. The Kier molecular flexibility index (Phi) is 5.96. The first-order chi connectivity index (χ1) is 10.1. The molecule has 0 radical (unpaired) electrons. The van der Waals surface area contributed by atoms with E-state index >= 15 is 0 Å². The number of carbonyl (C=O) groups excluding carboxylic acids is 1. The molecule has 0 spiro atoms. The minimum atomic E-state index is -0.0833. The molecule has 0 aliphatic heterocycles. The molecule has 2 rings (SSSR count). The van der Waals surface area contributed by atoms with E-state index in [0.29, 0.717) is 23.9 Å². The zero-order chi connectivity index (χ0) is 15.2. The quantitative estimate of drug-likeness (QED) is 0.879. The van der Waals surface area contributed by atoms with E-state index in [1.54, 1.807) is 0 Å². The van der Waals surface area contributed by atoms with Crippen molar-refractivity contribution in [2.24, 2.45) is 0 Å². The first-order valence-electron chi connectivity index (χ1n) is 7.71. The monoisotopic (exact) mass is 310 g/mol. The van der Waals surface area contributed by atoms with Gasteiger partial charge in [0.2, 0.25) is 0 Å². The number of nitrogens with one attached hydrogen (secondary N) is 2. The summed E-state index contributed by atoms with van der Waals surface area (Å²) >= 11 is 1.86. The van der Waals surface area contributed by atoms with Crippen LogP contribution in [0.25, 0.3) is 0 Å². The summed E-state index contributed by atoms with van der Waals surface area (Å²) in [5, 5.41) is 11.0. The molecule has 1 fully saturated rings. The van der Waals surface area contributed by atoms with Crippen LogP contribution in [0.5, 0.6) is 0 Å². The van der Waals surface area contributed by atoms with Gasteiger partial charge in [-0.2, -0.15) is 16.9 Å². The van der Waals surface area contributed by atoms with Gasteiger partial charge in [-0.25, -0.2) is 4.79 Å². The van der Waals surface area contributed by atoms with Crippen LogP contribution >= 0.6 is 11.8 Å². The molecule has 5 nitrogen and oxygen atoms in total. The van der Waals surface area contributed by atoms with Gasteiger partial charge in [0.15, 0.2) is 0 Å². The van der Waals surface area contributed by atoms with Gasteiger partial charge in [-0.05, 0) is 39.0 Å². The molecule has 1 aromatic heterocycles. The normalized spacial score (nSPS) is 22.3. The topological polar surface area (TPSA) is 59.0 Å². The van der Waals surface area contributed by atoms with Crippen LogP contribution in [0.2, 0.25) is 0 Å². The predicted molar refractivity (Wildman–Crippen MR) is 87.5 cm³/mol. The van der Waals surface area contributed by atoms with Crippen molar-refractivity contribution in [2.75, 3.05) is 6.26 Å². The highest BCUT2D eigenvalue weighted by Gasteiger charge is 2.25. The van der Waals surface area contributed by atoms with E-state index in [1.165, 1.54) is 19.3 Å². The third-order valence-electron chi connectivity index (χ3n) is 3.94. The van der Waals surface area contributed by atoms with E-state index in [-0.39, 0.29) is 6.03 Å². The van der Waals surface area contributed by atoms with E-state index < -0.39 is 0 Å². The lowest BCUT2D eigenvalue weighted by Crippen LogP contribution is -2.47. The highest BCUT2D eigenvalue weighted by atomic mass is 32.2. The first-order valence-corrected chi connectivity index (χ1v) is 9.00. The summed E-state index contributed by atoms with van der Waals surface area (Å²) < 4.78 is 1.90. The number of rotatable bonds is 5. The first kappa shape index (κ1) is 16.2. The second-order valence-corrected chi connectivity index (χ2v) is 6.95. The zero-order valence-electron chi connectivity index (χ0n) is 13.1. The van der Waals surface area contributed by atoms with Crippen LogP contribution < -0.4 is 10.6 Å². The van der Waals surface area contributed by atoms with Crippen LogP contribution in [0.1, 0.15) is 51.3 Å². The van der Waals surface area contributed by atoms with Gasteiger partial charge in [0, 0.05) is 23.5 Å². The van der Waals surface area contributed by atoms with Gasteiger partial charge in [0.05, 0.1) is 12.2 Å². The van der Waals surface area contributed by atoms with Crippen molar-refractivity contribution in [3.05, 3.63) is 18.0 Å². The van der Waals surface area contributed by atoms with Crippen molar-refractivity contribution in [1.29, 1.82) is 0 Å². The Bertz CT molecular complexity index is 460. The molecule has 118 valence electrons. The molecule has 2 atom stereocenters. The van der Waals surface area contributed by atoms with Gasteiger partial charge < -0.3 is 10.6 Å². The zero-order valence-corrected chi connectivity index (χ0v) is 13.9. The average Bonchev–Trinajstić information content (AvgIpc) is 2.95. The minimum absolute atomic E-state index is 0.0833. The van der Waals surface area contributed by atoms with Crippen LogP contribution in [0.4, 0.5) is 4.79 Å². The molecule has 0 bridgehead atoms. The Balaban J connectivity index is 1.78. The Morgan fingerprint density at radius 3 is 2.90 bits per heavy atom. The number of thioether (sulfide) groups is 1. The van der Waals surface area contributed by atoms with E-state index in [2.05, 4.69) is 35.8 Å². The lowest BCUT2D eigenvalue weighted by molar-refractivity contribution is 0.233. The second kappa shape index (κ2) is 7.73. The molecular formula is C15H26N4OS. The number of hydrogen-bond donors (Lipinski definition) is 2. The van der Waals surface area contributed by atoms with Gasteiger partial charge in [-0.1, -0.05) is 12.8 Å². The van der Waals surface area contributed by atoms with Gasteiger partial charge in [-0.15, -0.1) is 0 Å². The lowest BCUT2D eigenvalue weighted by atomic mass is 9.95. The van der Waals surface area contributed by atoms with Crippen LogP contribution in [0, 0.1) is 0 Å². The summed E-state index contributed by atoms with van der Waals surface area (Å²) in [5.41, 5.74) is 0.893. The maximum absolute atomic E-state index is 12.0. The van der Waals surface area contributed by atoms with Crippen LogP contribution in [0.15, 0.2) is 12.3 Å². The van der Waals surface area contributed by atoms with Gasteiger partial charge in [-0.3, -0.25) is 4.68 Å². The van der Waals surface area contributed by atoms with E-state index in [4.69, 9.17) is 0 Å². The lowest BCUT2D eigenvalue weighted by Gasteiger charge is -2.30. The Morgan fingerprint density at radius 2 is 2.24 bits per heavy atom. The average molecular weight is 310 g/mol. The van der Waals surface area contributed by atoms with Crippen molar-refractivity contribution < 1.29 is 4.79 Å². The number of nitrogens with zero attached hydrogens (tertiary/aromatic N) is 2. The van der Waals surface area contributed by atoms with E-state index in [0.717, 1.165) is 12.1 Å². The largest absolute Gasteiger partial charge is 0.334 e. The fraction of sp³-hybridized carbons (Fsp3) is 0.733. The molecule has 21 heavy (non-hydrogen) atoms. The summed E-state index contributed by atoms with van der Waals surface area (Å²) in [4.78, 5) is 12.0. The molecular weight excluding hydrogens is 284 g/mol. The molecule has 1 aromatic rings. The van der Waals surface area contributed by atoms with Crippen molar-refractivity contribution in [1.82, 2.24) is 20.4 Å². The molecule has 1 heterocycles. The van der Waals surface area contributed by atoms with E-state index in [1.807, 2.05) is 28.7 Å². The number of urea groups is 1. The van der Waals surface area contributed by atoms with Crippen LogP contribution in [-0.2, 0) is 6.54 Å². The number of hydrogen-bond acceptors (Lipinski definition) is 3. The van der Waals surface area contributed by atoms with Crippen molar-refractivity contribution in [2.45, 2.75) is 63.4 Å². The third-order valence-corrected chi connectivity index (χ3v) is 5.11. The fourth-order valence-electron chi connectivity index (χ4n) is 2.69. The Morgan fingerprint density at radius 1 is 1.48 bits per heavy atom. The third kappa shape index (κ3) is 4.66. The molecule has 0 unspecified atom stereocenters. The van der Waals surface area contributed by atoms with Crippen molar-refractivity contribution >= 4 is 17.8 Å².